The topological polar surface area (TPSA) is 20.2 Å². The molecule has 0 aromatic heterocycles. The summed E-state index contributed by atoms with van der Waals surface area (Å²) in [5, 5.41) is 8.98. The lowest BCUT2D eigenvalue weighted by molar-refractivity contribution is 0.431. The third kappa shape index (κ3) is 5.96. The van der Waals surface area contributed by atoms with Crippen molar-refractivity contribution in [1.29, 1.82) is 0 Å². The maximum atomic E-state index is 12.8. The number of halogens is 2. The van der Waals surface area contributed by atoms with E-state index < -0.39 is 5.82 Å². The second kappa shape index (κ2) is 10.7. The Labute approximate surface area is 103 Å². The largest absolute Gasteiger partial charge is 0.505 e. The lowest BCUT2D eigenvalue weighted by Crippen LogP contribution is -1.92. The zero-order chi connectivity index (χ0) is 13.1. The molecule has 94 valence electrons. The van der Waals surface area contributed by atoms with E-state index in [9.17, 15) is 4.39 Å². The molecule has 0 bridgehead atoms. The maximum Gasteiger partial charge on any atom is 0.165 e. The van der Waals surface area contributed by atoms with E-state index in [0.717, 1.165) is 11.1 Å². The van der Waals surface area contributed by atoms with E-state index >= 15 is 0 Å². The van der Waals surface area contributed by atoms with Crippen molar-refractivity contribution in [2.45, 2.75) is 41.0 Å². The first-order chi connectivity index (χ1) is 7.65. The second-order valence-electron chi connectivity index (χ2n) is 2.67. The van der Waals surface area contributed by atoms with E-state index in [4.69, 9.17) is 16.7 Å². The number of alkyl halides is 1. The molecular weight excluding hydrogens is 227 g/mol. The van der Waals surface area contributed by atoms with Crippen LogP contribution in [0.2, 0.25) is 0 Å². The third-order valence-corrected chi connectivity index (χ3v) is 1.96. The van der Waals surface area contributed by atoms with Crippen LogP contribution in [-0.4, -0.2) is 11.0 Å². The van der Waals surface area contributed by atoms with Gasteiger partial charge < -0.3 is 5.11 Å². The molecule has 3 heteroatoms. The molecule has 0 heterocycles. The van der Waals surface area contributed by atoms with Crippen molar-refractivity contribution in [2.24, 2.45) is 0 Å². The molecule has 0 spiro atoms. The summed E-state index contributed by atoms with van der Waals surface area (Å²) in [6.45, 7) is 9.82. The lowest BCUT2D eigenvalue weighted by atomic mass is 10.1. The first-order valence-electron chi connectivity index (χ1n) is 5.69. The number of hydrogen-bond donors (Lipinski definition) is 1. The maximum absolute atomic E-state index is 12.8. The Kier molecular flexibility index (Phi) is 11.8. The van der Waals surface area contributed by atoms with Gasteiger partial charge in [-0.2, -0.15) is 0 Å². The van der Waals surface area contributed by atoms with E-state index in [1.807, 2.05) is 34.6 Å². The predicted molar refractivity (Wildman–Crippen MR) is 69.9 cm³/mol. The van der Waals surface area contributed by atoms with Crippen LogP contribution in [0.5, 0.6) is 5.75 Å². The van der Waals surface area contributed by atoms with Crippen molar-refractivity contribution >= 4 is 11.6 Å². The second-order valence-corrected chi connectivity index (χ2v) is 3.05. The van der Waals surface area contributed by atoms with Gasteiger partial charge in [0.2, 0.25) is 0 Å². The number of benzene rings is 1. The summed E-state index contributed by atoms with van der Waals surface area (Å²) in [7, 11) is 0. The van der Waals surface area contributed by atoms with E-state index in [2.05, 4.69) is 0 Å². The molecule has 1 rings (SSSR count). The van der Waals surface area contributed by atoms with Crippen LogP contribution in [0.3, 0.4) is 0 Å². The molecule has 0 radical (unpaired) electrons. The first kappa shape index (κ1) is 17.6. The Balaban J connectivity index is 0. The van der Waals surface area contributed by atoms with Gasteiger partial charge in [0.1, 0.15) is 0 Å². The molecule has 1 aromatic carbocycles. The average Bonchev–Trinajstić information content (AvgIpc) is 2.31. The van der Waals surface area contributed by atoms with Crippen LogP contribution >= 0.6 is 11.6 Å². The molecule has 0 saturated carbocycles. The van der Waals surface area contributed by atoms with Crippen molar-refractivity contribution < 1.29 is 9.50 Å². The van der Waals surface area contributed by atoms with E-state index in [-0.39, 0.29) is 5.75 Å². The number of phenolic OH excluding ortho intramolecular Hbond substituents is 1. The minimum Gasteiger partial charge on any atom is -0.505 e. The fraction of sp³-hybridized carbons (Fsp3) is 0.538. The highest BCUT2D eigenvalue weighted by Gasteiger charge is 2.04. The number of phenols is 1. The van der Waals surface area contributed by atoms with Gasteiger partial charge in [-0.05, 0) is 36.6 Å². The van der Waals surface area contributed by atoms with Crippen molar-refractivity contribution in [3.63, 3.8) is 0 Å². The SMILES string of the molecule is CC.CC.Cc1cc(O)c(F)cc1CCCl. The standard InChI is InChI=1S/C9H10ClFO.2C2H6/c1-6-4-9(12)8(11)5-7(6)2-3-10;2*1-2/h4-5,12H,2-3H2,1H3;2*1-2H3. The predicted octanol–water partition coefficient (Wildman–Crippen LogP) is 4.67. The average molecular weight is 249 g/mol. The minimum atomic E-state index is -0.583. The van der Waals surface area contributed by atoms with Gasteiger partial charge in [0.25, 0.3) is 0 Å². The molecule has 0 atom stereocenters. The summed E-state index contributed by atoms with van der Waals surface area (Å²) >= 11 is 5.52. The van der Waals surface area contributed by atoms with Crippen LogP contribution in [0.4, 0.5) is 4.39 Å². The van der Waals surface area contributed by atoms with E-state index in [1.54, 1.807) is 0 Å². The van der Waals surface area contributed by atoms with Crippen LogP contribution in [0.25, 0.3) is 0 Å². The fourth-order valence-corrected chi connectivity index (χ4v) is 1.28. The Morgan fingerprint density at radius 3 is 2.12 bits per heavy atom. The molecule has 1 N–H and O–H groups in total. The Morgan fingerprint density at radius 1 is 1.19 bits per heavy atom. The highest BCUT2D eigenvalue weighted by Crippen LogP contribution is 2.20. The summed E-state index contributed by atoms with van der Waals surface area (Å²) in [4.78, 5) is 0. The molecule has 0 aliphatic rings. The Bertz CT molecular complexity index is 288. The normalized spacial score (nSPS) is 8.44. The van der Waals surface area contributed by atoms with Gasteiger partial charge in [0.05, 0.1) is 0 Å². The van der Waals surface area contributed by atoms with E-state index in [1.165, 1.54) is 12.1 Å². The summed E-state index contributed by atoms with van der Waals surface area (Å²) in [6.07, 6.45) is 0.630. The number of rotatable bonds is 2. The van der Waals surface area contributed by atoms with Crippen molar-refractivity contribution in [2.75, 3.05) is 5.88 Å². The van der Waals surface area contributed by atoms with Crippen LogP contribution in [0.1, 0.15) is 38.8 Å². The van der Waals surface area contributed by atoms with Crippen molar-refractivity contribution in [1.82, 2.24) is 0 Å². The molecule has 0 aliphatic carbocycles. The van der Waals surface area contributed by atoms with Crippen molar-refractivity contribution in [3.05, 3.63) is 29.1 Å². The van der Waals surface area contributed by atoms with E-state index in [0.29, 0.717) is 12.3 Å². The molecule has 0 amide bonds. The number of aryl methyl sites for hydroxylation is 2. The van der Waals surface area contributed by atoms with Crippen molar-refractivity contribution in [3.8, 4) is 5.75 Å². The molecule has 0 saturated heterocycles. The van der Waals surface area contributed by atoms with Gasteiger partial charge in [-0.25, -0.2) is 4.39 Å². The quantitative estimate of drug-likeness (QED) is 0.754. The third-order valence-electron chi connectivity index (χ3n) is 1.77. The number of aromatic hydroxyl groups is 1. The number of hydrogen-bond acceptors (Lipinski definition) is 1. The van der Waals surface area contributed by atoms with Gasteiger partial charge >= 0.3 is 0 Å². The first-order valence-corrected chi connectivity index (χ1v) is 6.22. The molecule has 0 unspecified atom stereocenters. The van der Waals surface area contributed by atoms with Gasteiger partial charge in [-0.15, -0.1) is 11.6 Å². The highest BCUT2D eigenvalue weighted by molar-refractivity contribution is 6.18. The van der Waals surface area contributed by atoms with Gasteiger partial charge in [0.15, 0.2) is 11.6 Å². The van der Waals surface area contributed by atoms with Gasteiger partial charge in [-0.1, -0.05) is 27.7 Å². The van der Waals surface area contributed by atoms with Crippen LogP contribution in [0.15, 0.2) is 12.1 Å². The monoisotopic (exact) mass is 248 g/mol. The highest BCUT2D eigenvalue weighted by atomic mass is 35.5. The lowest BCUT2D eigenvalue weighted by Gasteiger charge is -2.04. The summed E-state index contributed by atoms with van der Waals surface area (Å²) in [6, 6.07) is 2.74. The summed E-state index contributed by atoms with van der Waals surface area (Å²) in [5.41, 5.74) is 1.72. The molecular formula is C13H22ClFO. The van der Waals surface area contributed by atoms with Crippen LogP contribution < -0.4 is 0 Å². The molecule has 1 nitrogen and oxygen atoms in total. The molecule has 16 heavy (non-hydrogen) atoms. The summed E-state index contributed by atoms with van der Waals surface area (Å²) < 4.78 is 12.8. The van der Waals surface area contributed by atoms with Gasteiger partial charge in [-0.3, -0.25) is 0 Å². The fourth-order valence-electron chi connectivity index (χ4n) is 1.08. The molecule has 0 aliphatic heterocycles. The molecule has 0 fully saturated rings. The Morgan fingerprint density at radius 2 is 1.69 bits per heavy atom. The smallest absolute Gasteiger partial charge is 0.165 e. The Hall–Kier alpha value is -0.760. The minimum absolute atomic E-state index is 0.300. The summed E-state index contributed by atoms with van der Waals surface area (Å²) in [5.74, 6) is -0.419. The molecule has 1 aromatic rings. The zero-order valence-corrected chi connectivity index (χ0v) is 11.5. The van der Waals surface area contributed by atoms with Gasteiger partial charge in [0, 0.05) is 5.88 Å². The van der Waals surface area contributed by atoms with Crippen LogP contribution in [0, 0.1) is 12.7 Å². The zero-order valence-electron chi connectivity index (χ0n) is 10.8. The van der Waals surface area contributed by atoms with Crippen LogP contribution in [-0.2, 0) is 6.42 Å².